The molecule has 9 heteroatoms. The van der Waals surface area contributed by atoms with Gasteiger partial charge in [-0.25, -0.2) is 23.7 Å². The summed E-state index contributed by atoms with van der Waals surface area (Å²) in [6.07, 6.45) is 3.24. The normalized spacial score (nSPS) is 21.9. The summed E-state index contributed by atoms with van der Waals surface area (Å²) in [7, 11) is 0. The number of nitrogens with zero attached hydrogens (tertiary/aromatic N) is 5. The molecule has 0 aromatic carbocycles. The molecule has 1 N–H and O–H groups in total. The van der Waals surface area contributed by atoms with E-state index in [9.17, 15) is 8.78 Å². The summed E-state index contributed by atoms with van der Waals surface area (Å²) in [5, 5.41) is 0.931. The van der Waals surface area contributed by atoms with Crippen LogP contribution in [-0.2, 0) is 4.74 Å². The lowest BCUT2D eigenvalue weighted by molar-refractivity contribution is -0.0221. The van der Waals surface area contributed by atoms with Gasteiger partial charge in [0, 0.05) is 61.9 Å². The highest BCUT2D eigenvalue weighted by atomic mass is 19.3. The predicted octanol–water partition coefficient (Wildman–Crippen LogP) is 3.48. The zero-order chi connectivity index (χ0) is 20.7. The molecule has 0 unspecified atom stereocenters. The summed E-state index contributed by atoms with van der Waals surface area (Å²) >= 11 is 0. The first kappa shape index (κ1) is 19.2. The van der Waals surface area contributed by atoms with Gasteiger partial charge in [0.1, 0.15) is 17.3 Å². The van der Waals surface area contributed by atoms with Crippen molar-refractivity contribution in [2.45, 2.75) is 31.7 Å². The number of hydrogen-bond donors (Lipinski definition) is 1. The molecular formula is C21H24F2N6O. The molecule has 1 atom stereocenters. The average Bonchev–Trinajstić information content (AvgIpc) is 3.23. The summed E-state index contributed by atoms with van der Waals surface area (Å²) < 4.78 is 33.0. The Morgan fingerprint density at radius 1 is 1.13 bits per heavy atom. The number of H-pyrrole nitrogens is 1. The van der Waals surface area contributed by atoms with E-state index in [0.29, 0.717) is 24.9 Å². The summed E-state index contributed by atoms with van der Waals surface area (Å²) in [5.41, 5.74) is 1.63. The fraction of sp³-hybridized carbons (Fsp3) is 0.476. The highest BCUT2D eigenvalue weighted by Crippen LogP contribution is 2.33. The molecular weight excluding hydrogens is 390 g/mol. The van der Waals surface area contributed by atoms with E-state index in [0.717, 1.165) is 29.0 Å². The molecule has 5 rings (SSSR count). The van der Waals surface area contributed by atoms with E-state index in [1.807, 2.05) is 29.3 Å². The monoisotopic (exact) mass is 414 g/mol. The third kappa shape index (κ3) is 3.58. The molecule has 5 heterocycles. The van der Waals surface area contributed by atoms with Crippen molar-refractivity contribution in [1.82, 2.24) is 19.9 Å². The second kappa shape index (κ2) is 7.46. The zero-order valence-electron chi connectivity index (χ0n) is 16.8. The SMILES string of the molecule is C[C@@H]1COCCN1c1cc(N2CCC(F)(F)CC2)nc(-c2ccnc3[nH]ccc23)n1. The molecule has 0 spiro atoms. The number of nitrogens with one attached hydrogen (secondary N) is 1. The van der Waals surface area contributed by atoms with Gasteiger partial charge in [-0.05, 0) is 19.1 Å². The third-order valence-electron chi connectivity index (χ3n) is 5.88. The fourth-order valence-electron chi connectivity index (χ4n) is 4.14. The van der Waals surface area contributed by atoms with Crippen molar-refractivity contribution in [3.8, 4) is 11.4 Å². The van der Waals surface area contributed by atoms with E-state index in [2.05, 4.69) is 21.8 Å². The van der Waals surface area contributed by atoms with Gasteiger partial charge in [0.25, 0.3) is 5.92 Å². The van der Waals surface area contributed by atoms with E-state index in [1.54, 1.807) is 6.20 Å². The first-order valence-corrected chi connectivity index (χ1v) is 10.3. The minimum absolute atomic E-state index is 0.160. The van der Waals surface area contributed by atoms with Gasteiger partial charge in [-0.3, -0.25) is 0 Å². The number of piperidine rings is 1. The van der Waals surface area contributed by atoms with Crippen molar-refractivity contribution in [2.75, 3.05) is 42.6 Å². The van der Waals surface area contributed by atoms with Crippen LogP contribution in [0.4, 0.5) is 20.4 Å². The van der Waals surface area contributed by atoms with Crippen LogP contribution in [0.5, 0.6) is 0 Å². The maximum Gasteiger partial charge on any atom is 0.251 e. The van der Waals surface area contributed by atoms with Crippen molar-refractivity contribution in [3.63, 3.8) is 0 Å². The van der Waals surface area contributed by atoms with Crippen LogP contribution in [0.15, 0.2) is 30.6 Å². The Labute approximate surface area is 173 Å². The number of aromatic nitrogens is 4. The van der Waals surface area contributed by atoms with Crippen LogP contribution in [0.25, 0.3) is 22.4 Å². The number of fused-ring (bicyclic) bond motifs is 1. The number of aromatic amines is 1. The molecule has 2 aliphatic rings. The summed E-state index contributed by atoms with van der Waals surface area (Å²) in [4.78, 5) is 21.3. The van der Waals surface area contributed by atoms with Crippen molar-refractivity contribution in [2.24, 2.45) is 0 Å². The molecule has 2 aliphatic heterocycles. The molecule has 0 bridgehead atoms. The van der Waals surface area contributed by atoms with Gasteiger partial charge in [-0.2, -0.15) is 0 Å². The van der Waals surface area contributed by atoms with Gasteiger partial charge in [0.05, 0.1) is 19.3 Å². The summed E-state index contributed by atoms with van der Waals surface area (Å²) in [6.45, 7) is 4.63. The Bertz CT molecular complexity index is 1040. The Hall–Kier alpha value is -2.81. The van der Waals surface area contributed by atoms with Crippen LogP contribution in [0.2, 0.25) is 0 Å². The number of ether oxygens (including phenoxy) is 1. The number of pyridine rings is 1. The molecule has 3 aromatic heterocycles. The highest BCUT2D eigenvalue weighted by Gasteiger charge is 2.35. The Morgan fingerprint density at radius 3 is 2.73 bits per heavy atom. The van der Waals surface area contributed by atoms with Gasteiger partial charge >= 0.3 is 0 Å². The predicted molar refractivity (Wildman–Crippen MR) is 111 cm³/mol. The lowest BCUT2D eigenvalue weighted by Gasteiger charge is -2.36. The van der Waals surface area contributed by atoms with Gasteiger partial charge in [0.2, 0.25) is 0 Å². The van der Waals surface area contributed by atoms with E-state index < -0.39 is 5.92 Å². The lowest BCUT2D eigenvalue weighted by atomic mass is 10.1. The summed E-state index contributed by atoms with van der Waals surface area (Å²) in [6, 6.07) is 5.94. The van der Waals surface area contributed by atoms with Crippen LogP contribution in [0.3, 0.4) is 0 Å². The number of rotatable bonds is 3. The van der Waals surface area contributed by atoms with Gasteiger partial charge in [0.15, 0.2) is 5.82 Å². The fourth-order valence-corrected chi connectivity index (χ4v) is 4.14. The molecule has 0 radical (unpaired) electrons. The van der Waals surface area contributed by atoms with Gasteiger partial charge in [-0.1, -0.05) is 0 Å². The third-order valence-corrected chi connectivity index (χ3v) is 5.88. The quantitative estimate of drug-likeness (QED) is 0.708. The number of hydrogen-bond acceptors (Lipinski definition) is 6. The Balaban J connectivity index is 1.59. The average molecular weight is 414 g/mol. The van der Waals surface area contributed by atoms with Crippen molar-refractivity contribution >= 4 is 22.7 Å². The number of halogens is 2. The van der Waals surface area contributed by atoms with Crippen LogP contribution in [0.1, 0.15) is 19.8 Å². The van der Waals surface area contributed by atoms with E-state index >= 15 is 0 Å². The van der Waals surface area contributed by atoms with Crippen LogP contribution in [0, 0.1) is 0 Å². The van der Waals surface area contributed by atoms with Gasteiger partial charge < -0.3 is 19.5 Å². The molecule has 30 heavy (non-hydrogen) atoms. The number of alkyl halides is 2. The first-order valence-electron chi connectivity index (χ1n) is 10.3. The van der Waals surface area contributed by atoms with Crippen LogP contribution < -0.4 is 9.80 Å². The maximum atomic E-state index is 13.7. The van der Waals surface area contributed by atoms with E-state index in [-0.39, 0.29) is 32.0 Å². The second-order valence-corrected chi connectivity index (χ2v) is 7.97. The number of morpholine rings is 1. The topological polar surface area (TPSA) is 70.2 Å². The van der Waals surface area contributed by atoms with E-state index in [1.165, 1.54) is 0 Å². The van der Waals surface area contributed by atoms with Gasteiger partial charge in [-0.15, -0.1) is 0 Å². The molecule has 158 valence electrons. The molecule has 2 fully saturated rings. The molecule has 0 aliphatic carbocycles. The number of anilines is 2. The highest BCUT2D eigenvalue weighted by molar-refractivity contribution is 5.91. The second-order valence-electron chi connectivity index (χ2n) is 7.97. The zero-order valence-corrected chi connectivity index (χ0v) is 16.8. The maximum absolute atomic E-state index is 13.7. The molecule has 3 aromatic rings. The Kier molecular flexibility index (Phi) is 4.77. The smallest absolute Gasteiger partial charge is 0.251 e. The largest absolute Gasteiger partial charge is 0.377 e. The van der Waals surface area contributed by atoms with Crippen molar-refractivity contribution in [3.05, 3.63) is 30.6 Å². The molecule has 2 saturated heterocycles. The Morgan fingerprint density at radius 2 is 1.93 bits per heavy atom. The minimum atomic E-state index is -2.60. The minimum Gasteiger partial charge on any atom is -0.377 e. The molecule has 0 amide bonds. The van der Waals surface area contributed by atoms with Crippen molar-refractivity contribution in [1.29, 1.82) is 0 Å². The van der Waals surface area contributed by atoms with Crippen molar-refractivity contribution < 1.29 is 13.5 Å². The van der Waals surface area contributed by atoms with Crippen LogP contribution in [-0.4, -0.2) is 64.7 Å². The molecule has 7 nitrogen and oxygen atoms in total. The van der Waals surface area contributed by atoms with Crippen LogP contribution >= 0.6 is 0 Å². The molecule has 0 saturated carbocycles. The standard InChI is InChI=1S/C21H24F2N6O/c1-14-13-30-11-10-29(14)18-12-17(28-8-4-21(22,23)5-9-28)26-20(27-18)16-3-7-25-19-15(16)2-6-24-19/h2-3,6-7,12,14H,4-5,8-11,13H2,1H3,(H,24,25)/t14-/m1/s1. The first-order chi connectivity index (χ1) is 14.5. The summed E-state index contributed by atoms with van der Waals surface area (Å²) in [5.74, 6) is -0.546. The lowest BCUT2D eigenvalue weighted by Crippen LogP contribution is -2.44. The van der Waals surface area contributed by atoms with E-state index in [4.69, 9.17) is 14.7 Å².